The van der Waals surface area contributed by atoms with Crippen LogP contribution in [0.1, 0.15) is 31.4 Å². The van der Waals surface area contributed by atoms with Crippen LogP contribution in [-0.4, -0.2) is 46.7 Å². The fraction of sp³-hybridized carbons (Fsp3) is 0.500. The Hall–Kier alpha value is -2.97. The summed E-state index contributed by atoms with van der Waals surface area (Å²) in [6.45, 7) is 2.85. The van der Waals surface area contributed by atoms with Gasteiger partial charge < -0.3 is 15.2 Å². The number of rotatable bonds is 2. The van der Waals surface area contributed by atoms with Crippen molar-refractivity contribution < 1.29 is 37.4 Å². The van der Waals surface area contributed by atoms with Crippen LogP contribution >= 0.6 is 0 Å². The molecule has 0 aliphatic carbocycles. The third-order valence-corrected chi connectivity index (χ3v) is 6.72. The van der Waals surface area contributed by atoms with E-state index in [-0.39, 0.29) is 12.1 Å². The van der Waals surface area contributed by atoms with Gasteiger partial charge in [0.2, 0.25) is 11.8 Å². The summed E-state index contributed by atoms with van der Waals surface area (Å²) >= 11 is 0. The van der Waals surface area contributed by atoms with E-state index in [4.69, 9.17) is 10.00 Å². The van der Waals surface area contributed by atoms with Crippen molar-refractivity contribution in [1.82, 2.24) is 5.32 Å². The number of hydrogen-bond donors (Lipinski definition) is 2. The van der Waals surface area contributed by atoms with Gasteiger partial charge in [-0.2, -0.15) is 18.4 Å². The minimum atomic E-state index is -4.87. The van der Waals surface area contributed by atoms with Crippen molar-refractivity contribution in [2.24, 2.45) is 11.8 Å². The summed E-state index contributed by atoms with van der Waals surface area (Å²) in [5.41, 5.74) is -7.50. The molecule has 8 nitrogen and oxygen atoms in total. The number of amides is 3. The number of ether oxygens (including phenoxy) is 1. The lowest BCUT2D eigenvalue weighted by Gasteiger charge is -2.40. The van der Waals surface area contributed by atoms with Crippen molar-refractivity contribution in [2.45, 2.75) is 43.2 Å². The molecule has 0 saturated carbocycles. The number of nitrogens with one attached hydrogen (secondary N) is 1. The van der Waals surface area contributed by atoms with Crippen LogP contribution in [0.2, 0.25) is 0 Å². The Bertz CT molecular complexity index is 1080. The number of imide groups is 1. The second kappa shape index (κ2) is 6.05. The van der Waals surface area contributed by atoms with Gasteiger partial charge in [0.15, 0.2) is 5.60 Å². The molecule has 1 aromatic carbocycles. The molecule has 3 heterocycles. The Morgan fingerprint density at radius 2 is 1.90 bits per heavy atom. The number of halogens is 3. The molecule has 3 fully saturated rings. The molecular formula is C20H18F3N3O5. The predicted octanol–water partition coefficient (Wildman–Crippen LogP) is 1.11. The molecular weight excluding hydrogens is 419 g/mol. The minimum Gasteiger partial charge on any atom is -0.377 e. The number of likely N-dealkylation sites (N-methyl/N-ethyl adjacent to an activating group) is 1. The van der Waals surface area contributed by atoms with Gasteiger partial charge in [-0.3, -0.25) is 14.4 Å². The highest BCUT2D eigenvalue weighted by atomic mass is 19.4. The van der Waals surface area contributed by atoms with Crippen LogP contribution in [0.5, 0.6) is 0 Å². The highest BCUT2D eigenvalue weighted by Gasteiger charge is 2.82. The summed E-state index contributed by atoms with van der Waals surface area (Å²) in [5, 5.41) is 22.4. The minimum absolute atomic E-state index is 0.259. The summed E-state index contributed by atoms with van der Waals surface area (Å²) < 4.78 is 46.0. The number of benzene rings is 1. The van der Waals surface area contributed by atoms with Gasteiger partial charge in [0, 0.05) is 13.5 Å². The van der Waals surface area contributed by atoms with E-state index in [0.29, 0.717) is 11.0 Å². The molecule has 3 saturated heterocycles. The van der Waals surface area contributed by atoms with E-state index >= 15 is 0 Å². The lowest BCUT2D eigenvalue weighted by atomic mass is 9.61. The lowest BCUT2D eigenvalue weighted by molar-refractivity contribution is -0.166. The number of alkyl halides is 3. The number of nitriles is 1. The molecule has 3 amide bonds. The Morgan fingerprint density at radius 1 is 1.29 bits per heavy atom. The monoisotopic (exact) mass is 437 g/mol. The SMILES string of the molecule is CNC(=O)[C@]1(O)CC2(C)OC1(C)[C@@H]1C(=O)N(c3ccc(C#N)c(C(F)(F)F)c3)C(=O)[C@@H]12. The van der Waals surface area contributed by atoms with Crippen LogP contribution in [0.3, 0.4) is 0 Å². The molecule has 0 radical (unpaired) electrons. The Labute approximate surface area is 174 Å². The summed E-state index contributed by atoms with van der Waals surface area (Å²) in [7, 11) is 1.30. The summed E-state index contributed by atoms with van der Waals surface area (Å²) in [4.78, 5) is 39.5. The number of hydrogen-bond acceptors (Lipinski definition) is 6. The molecule has 2 N–H and O–H groups in total. The highest BCUT2D eigenvalue weighted by Crippen LogP contribution is 2.64. The number of anilines is 1. The molecule has 5 atom stereocenters. The number of carbonyl (C=O) groups excluding carboxylic acids is 3. The van der Waals surface area contributed by atoms with Gasteiger partial charge in [-0.15, -0.1) is 0 Å². The fourth-order valence-corrected chi connectivity index (χ4v) is 5.39. The van der Waals surface area contributed by atoms with Gasteiger partial charge >= 0.3 is 6.18 Å². The van der Waals surface area contributed by atoms with Gasteiger partial charge in [0.1, 0.15) is 5.60 Å². The topological polar surface area (TPSA) is 120 Å². The fourth-order valence-electron chi connectivity index (χ4n) is 5.39. The Morgan fingerprint density at radius 3 is 2.45 bits per heavy atom. The standard InChI is InChI=1S/C20H18F3N3O5/c1-17-8-19(30,16(29)25-3)18(2,31-17)13-12(17)14(27)26(15(13)28)10-5-4-9(7-24)11(6-10)20(21,22)23/h4-6,12-13,30H,8H2,1-3H3,(H,25,29)/t12-,13+,17?,18?,19-/m1/s1. The second-order valence-electron chi connectivity index (χ2n) is 8.44. The second-order valence-corrected chi connectivity index (χ2v) is 8.44. The summed E-state index contributed by atoms with van der Waals surface area (Å²) in [6.07, 6.45) is -5.13. The van der Waals surface area contributed by atoms with Crippen molar-refractivity contribution in [2.75, 3.05) is 11.9 Å². The van der Waals surface area contributed by atoms with Crippen molar-refractivity contribution in [3.63, 3.8) is 0 Å². The zero-order chi connectivity index (χ0) is 23.1. The zero-order valence-electron chi connectivity index (χ0n) is 16.7. The van der Waals surface area contributed by atoms with Crippen LogP contribution in [0.4, 0.5) is 18.9 Å². The third-order valence-electron chi connectivity index (χ3n) is 6.72. The van der Waals surface area contributed by atoms with Crippen molar-refractivity contribution in [3.05, 3.63) is 29.3 Å². The number of carbonyl (C=O) groups is 3. The number of aliphatic hydroxyl groups is 1. The van der Waals surface area contributed by atoms with Gasteiger partial charge in [0.25, 0.3) is 5.91 Å². The van der Waals surface area contributed by atoms with E-state index in [2.05, 4.69) is 5.32 Å². The van der Waals surface area contributed by atoms with Crippen LogP contribution in [0.15, 0.2) is 18.2 Å². The van der Waals surface area contributed by atoms with E-state index in [1.54, 1.807) is 0 Å². The van der Waals surface area contributed by atoms with Crippen molar-refractivity contribution in [1.29, 1.82) is 5.26 Å². The summed E-state index contributed by atoms with van der Waals surface area (Å²) in [6, 6.07) is 4.00. The first kappa shape index (κ1) is 21.3. The molecule has 11 heteroatoms. The average Bonchev–Trinajstić information content (AvgIpc) is 3.19. The molecule has 164 valence electrons. The van der Waals surface area contributed by atoms with Gasteiger partial charge in [-0.05, 0) is 32.0 Å². The molecule has 0 aromatic heterocycles. The average molecular weight is 437 g/mol. The molecule has 2 unspecified atom stereocenters. The van der Waals surface area contributed by atoms with Crippen LogP contribution in [-0.2, 0) is 25.3 Å². The van der Waals surface area contributed by atoms with E-state index < -0.39 is 63.7 Å². The van der Waals surface area contributed by atoms with E-state index in [0.717, 1.165) is 12.1 Å². The first-order valence-corrected chi connectivity index (χ1v) is 9.39. The van der Waals surface area contributed by atoms with E-state index in [9.17, 15) is 32.7 Å². The molecule has 2 bridgehead atoms. The lowest BCUT2D eigenvalue weighted by Crippen LogP contribution is -2.64. The maximum atomic E-state index is 13.4. The predicted molar refractivity (Wildman–Crippen MR) is 97.2 cm³/mol. The van der Waals surface area contributed by atoms with Crippen molar-refractivity contribution >= 4 is 23.4 Å². The van der Waals surface area contributed by atoms with Crippen LogP contribution < -0.4 is 10.2 Å². The Balaban J connectivity index is 1.82. The Kier molecular flexibility index (Phi) is 4.15. The van der Waals surface area contributed by atoms with Crippen LogP contribution in [0, 0.1) is 23.2 Å². The number of nitrogens with zero attached hydrogens (tertiary/aromatic N) is 2. The largest absolute Gasteiger partial charge is 0.417 e. The molecule has 31 heavy (non-hydrogen) atoms. The molecule has 3 aliphatic heterocycles. The highest BCUT2D eigenvalue weighted by molar-refractivity contribution is 6.23. The van der Waals surface area contributed by atoms with Crippen LogP contribution in [0.25, 0.3) is 0 Å². The quantitative estimate of drug-likeness (QED) is 0.669. The van der Waals surface area contributed by atoms with E-state index in [1.807, 2.05) is 0 Å². The number of fused-ring (bicyclic) bond motifs is 5. The van der Waals surface area contributed by atoms with Gasteiger partial charge in [0.05, 0.1) is 40.3 Å². The first-order chi connectivity index (χ1) is 14.2. The van der Waals surface area contributed by atoms with Gasteiger partial charge in [-0.25, -0.2) is 4.90 Å². The zero-order valence-corrected chi connectivity index (χ0v) is 16.7. The van der Waals surface area contributed by atoms with Crippen molar-refractivity contribution in [3.8, 4) is 6.07 Å². The normalized spacial score (nSPS) is 36.5. The van der Waals surface area contributed by atoms with E-state index in [1.165, 1.54) is 27.0 Å². The summed E-state index contributed by atoms with van der Waals surface area (Å²) in [5.74, 6) is -4.79. The maximum Gasteiger partial charge on any atom is 0.417 e. The molecule has 4 rings (SSSR count). The smallest absolute Gasteiger partial charge is 0.377 e. The van der Waals surface area contributed by atoms with Gasteiger partial charge in [-0.1, -0.05) is 0 Å². The first-order valence-electron chi connectivity index (χ1n) is 9.39. The maximum absolute atomic E-state index is 13.4. The molecule has 3 aliphatic rings. The third kappa shape index (κ3) is 2.46. The molecule has 1 aromatic rings. The molecule has 0 spiro atoms.